The summed E-state index contributed by atoms with van der Waals surface area (Å²) < 4.78 is 15.6. The maximum absolute atomic E-state index is 8.92. The molecule has 0 spiro atoms. The second kappa shape index (κ2) is 13.6. The number of nitrogens with zero attached hydrogens (tertiary/aromatic N) is 2. The van der Waals surface area contributed by atoms with Crippen LogP contribution in [-0.4, -0.2) is 13.7 Å². The summed E-state index contributed by atoms with van der Waals surface area (Å²) >= 11 is 12.1. The molecule has 0 aliphatic heterocycles. The van der Waals surface area contributed by atoms with Gasteiger partial charge >= 0.3 is 0 Å². The minimum Gasteiger partial charge on any atom is -0.500 e. The van der Waals surface area contributed by atoms with E-state index in [1.54, 1.807) is 12.1 Å². The molecular formula is C26H30Cl2N2O3. The molecule has 0 aliphatic carbocycles. The molecule has 0 aromatic heterocycles. The Balaban J connectivity index is 0.000000335. The zero-order valence-electron chi connectivity index (χ0n) is 20.1. The predicted molar refractivity (Wildman–Crippen MR) is 133 cm³/mol. The number of benzene rings is 2. The number of nitriles is 2. The zero-order chi connectivity index (χ0) is 25.1. The lowest BCUT2D eigenvalue weighted by Crippen LogP contribution is -2.00. The predicted octanol–water partition coefficient (Wildman–Crippen LogP) is 7.84. The fraction of sp³-hybridized carbons (Fsp3) is 0.385. The largest absolute Gasteiger partial charge is 0.500 e. The number of hydrogen-bond donors (Lipinski definition) is 0. The van der Waals surface area contributed by atoms with Gasteiger partial charge in [-0.15, -0.1) is 0 Å². The van der Waals surface area contributed by atoms with E-state index in [0.717, 1.165) is 22.3 Å². The molecule has 2 aromatic carbocycles. The van der Waals surface area contributed by atoms with Crippen molar-refractivity contribution in [3.05, 3.63) is 68.6 Å². The first-order chi connectivity index (χ1) is 15.5. The Morgan fingerprint density at radius 3 is 1.82 bits per heavy atom. The van der Waals surface area contributed by atoms with Crippen LogP contribution in [0.25, 0.3) is 0 Å². The smallest absolute Gasteiger partial charge is 0.238 e. The first-order valence-electron chi connectivity index (χ1n) is 10.5. The molecule has 0 amide bonds. The van der Waals surface area contributed by atoms with Crippen molar-refractivity contribution < 1.29 is 14.2 Å². The Morgan fingerprint density at radius 1 is 0.909 bits per heavy atom. The molecule has 2 aromatic rings. The van der Waals surface area contributed by atoms with Crippen molar-refractivity contribution >= 4 is 23.2 Å². The van der Waals surface area contributed by atoms with E-state index in [4.69, 9.17) is 47.9 Å². The first kappa shape index (κ1) is 28.2. The summed E-state index contributed by atoms with van der Waals surface area (Å²) in [5, 5.41) is 18.7. The molecule has 5 nitrogen and oxygen atoms in total. The van der Waals surface area contributed by atoms with Crippen molar-refractivity contribution in [3.8, 4) is 23.6 Å². The highest BCUT2D eigenvalue weighted by Crippen LogP contribution is 2.33. The number of ether oxygens (including phenoxy) is 3. The van der Waals surface area contributed by atoms with Crippen molar-refractivity contribution in [3.63, 3.8) is 0 Å². The van der Waals surface area contributed by atoms with E-state index in [1.165, 1.54) is 13.4 Å². The van der Waals surface area contributed by atoms with Crippen molar-refractivity contribution in [1.82, 2.24) is 0 Å². The van der Waals surface area contributed by atoms with E-state index < -0.39 is 0 Å². The zero-order valence-corrected chi connectivity index (χ0v) is 21.6. The van der Waals surface area contributed by atoms with Crippen molar-refractivity contribution in [1.29, 1.82) is 10.5 Å². The number of allylic oxidation sites excluding steroid dienone is 1. The third kappa shape index (κ3) is 8.54. The Bertz CT molecular complexity index is 1060. The van der Waals surface area contributed by atoms with Crippen LogP contribution in [-0.2, 0) is 4.74 Å². The van der Waals surface area contributed by atoms with E-state index >= 15 is 0 Å². The Kier molecular flexibility index (Phi) is 11.6. The quantitative estimate of drug-likeness (QED) is 0.293. The van der Waals surface area contributed by atoms with Crippen molar-refractivity contribution in [2.24, 2.45) is 0 Å². The van der Waals surface area contributed by atoms with E-state index in [0.29, 0.717) is 27.5 Å². The van der Waals surface area contributed by atoms with Gasteiger partial charge in [0.15, 0.2) is 6.61 Å². The van der Waals surface area contributed by atoms with Crippen molar-refractivity contribution in [2.45, 2.75) is 53.4 Å². The van der Waals surface area contributed by atoms with Gasteiger partial charge in [0.2, 0.25) is 5.76 Å². The summed E-state index contributed by atoms with van der Waals surface area (Å²) in [6, 6.07) is 11.4. The van der Waals surface area contributed by atoms with E-state index in [1.807, 2.05) is 38.1 Å². The minimum atomic E-state index is 0.0547. The van der Waals surface area contributed by atoms with Crippen molar-refractivity contribution in [2.75, 3.05) is 13.7 Å². The fourth-order valence-corrected chi connectivity index (χ4v) is 3.20. The van der Waals surface area contributed by atoms with E-state index in [2.05, 4.69) is 27.7 Å². The summed E-state index contributed by atoms with van der Waals surface area (Å²) in [6.45, 7) is 12.2. The Morgan fingerprint density at radius 2 is 1.39 bits per heavy atom. The molecule has 0 saturated carbocycles. The molecule has 0 radical (unpaired) electrons. The van der Waals surface area contributed by atoms with Gasteiger partial charge in [0.1, 0.15) is 29.9 Å². The van der Waals surface area contributed by atoms with Crippen LogP contribution >= 0.6 is 23.2 Å². The number of halogens is 2. The van der Waals surface area contributed by atoms with Gasteiger partial charge in [-0.05, 0) is 60.1 Å². The molecule has 0 aliphatic rings. The summed E-state index contributed by atoms with van der Waals surface area (Å²) in [5.74, 6) is 2.03. The third-order valence-corrected chi connectivity index (χ3v) is 5.49. The summed E-state index contributed by atoms with van der Waals surface area (Å²) in [6.07, 6.45) is 1.26. The molecule has 0 heterocycles. The maximum Gasteiger partial charge on any atom is 0.238 e. The standard InChI is InChI=1S/C14H16ClNO2.C12H14ClNO/c1-9(2)12-5-10(3)13(15)6-14(12)18-11(7-16)8-17-4;1-8(2)10-6-9(3)11(13)7-12(10)15-5-4-14/h5-6,8-9H,1-4H3;6-8H,5H2,1-3H3/b11-8+;. The van der Waals surface area contributed by atoms with Crippen LogP contribution < -0.4 is 9.47 Å². The first-order valence-corrected chi connectivity index (χ1v) is 11.2. The highest BCUT2D eigenvalue weighted by Gasteiger charge is 2.13. The topological polar surface area (TPSA) is 75.3 Å². The summed E-state index contributed by atoms with van der Waals surface area (Å²) in [7, 11) is 1.46. The van der Waals surface area contributed by atoms with Crippen LogP contribution in [0.2, 0.25) is 10.0 Å². The Labute approximate surface area is 207 Å². The minimum absolute atomic E-state index is 0.0547. The van der Waals surface area contributed by atoms with E-state index in [-0.39, 0.29) is 18.3 Å². The number of hydrogen-bond acceptors (Lipinski definition) is 5. The summed E-state index contributed by atoms with van der Waals surface area (Å²) in [4.78, 5) is 0. The number of rotatable bonds is 7. The molecule has 7 heteroatoms. The highest BCUT2D eigenvalue weighted by atomic mass is 35.5. The lowest BCUT2D eigenvalue weighted by atomic mass is 10.00. The number of aryl methyl sites for hydroxylation is 2. The van der Waals surface area contributed by atoms with Gasteiger partial charge in [0, 0.05) is 10.0 Å². The molecule has 2 rings (SSSR count). The molecule has 0 unspecified atom stereocenters. The third-order valence-electron chi connectivity index (χ3n) is 4.67. The van der Waals surface area contributed by atoms with Crippen LogP contribution in [0, 0.1) is 36.5 Å². The summed E-state index contributed by atoms with van der Waals surface area (Å²) in [5.41, 5.74) is 4.12. The van der Waals surface area contributed by atoms with Crippen LogP contribution in [0.5, 0.6) is 11.5 Å². The second-order valence-corrected chi connectivity index (χ2v) is 8.78. The average Bonchev–Trinajstić information content (AvgIpc) is 2.76. The van der Waals surface area contributed by atoms with Gasteiger partial charge in [-0.25, -0.2) is 0 Å². The number of methoxy groups -OCH3 is 1. The molecular weight excluding hydrogens is 459 g/mol. The van der Waals surface area contributed by atoms with E-state index in [9.17, 15) is 0 Å². The van der Waals surface area contributed by atoms with Crippen LogP contribution in [0.15, 0.2) is 36.3 Å². The molecule has 0 fully saturated rings. The maximum atomic E-state index is 8.92. The normalized spacial score (nSPS) is 10.8. The van der Waals surface area contributed by atoms with Crippen LogP contribution in [0.4, 0.5) is 0 Å². The fourth-order valence-electron chi connectivity index (χ4n) is 2.90. The second-order valence-electron chi connectivity index (χ2n) is 7.97. The Hall–Kier alpha value is -2.86. The molecule has 0 saturated heterocycles. The van der Waals surface area contributed by atoms with Gasteiger partial charge in [-0.3, -0.25) is 0 Å². The van der Waals surface area contributed by atoms with Gasteiger partial charge in [-0.2, -0.15) is 10.5 Å². The molecule has 33 heavy (non-hydrogen) atoms. The monoisotopic (exact) mass is 488 g/mol. The van der Waals surface area contributed by atoms with Crippen LogP contribution in [0.3, 0.4) is 0 Å². The van der Waals surface area contributed by atoms with Crippen LogP contribution in [0.1, 0.15) is 61.8 Å². The highest BCUT2D eigenvalue weighted by molar-refractivity contribution is 6.31. The molecule has 176 valence electrons. The van der Waals surface area contributed by atoms with Gasteiger partial charge in [0.05, 0.1) is 7.11 Å². The lowest BCUT2D eigenvalue weighted by molar-refractivity contribution is 0.310. The van der Waals surface area contributed by atoms with Gasteiger partial charge in [0.25, 0.3) is 0 Å². The molecule has 0 N–H and O–H groups in total. The molecule has 0 atom stereocenters. The van der Waals surface area contributed by atoms with Gasteiger partial charge < -0.3 is 14.2 Å². The molecule has 0 bridgehead atoms. The lowest BCUT2D eigenvalue weighted by Gasteiger charge is -2.14. The van der Waals surface area contributed by atoms with Gasteiger partial charge in [-0.1, -0.05) is 63.0 Å². The SMILES string of the molecule is CO/C=C(\C#N)Oc1cc(Cl)c(C)cc1C(C)C.Cc1cc(C(C)C)c(OCC#N)cc1Cl. The average molecular weight is 489 g/mol.